The summed E-state index contributed by atoms with van der Waals surface area (Å²) >= 11 is 0. The van der Waals surface area contributed by atoms with Crippen LogP contribution in [0, 0.1) is 18.6 Å². The van der Waals surface area contributed by atoms with Gasteiger partial charge in [-0.05, 0) is 30.7 Å². The number of carbonyl (C=O) groups is 1. The van der Waals surface area contributed by atoms with Gasteiger partial charge >= 0.3 is 0 Å². The fourth-order valence-electron chi connectivity index (χ4n) is 1.41. The van der Waals surface area contributed by atoms with Crippen molar-refractivity contribution in [1.29, 1.82) is 0 Å². The maximum atomic E-state index is 13.4. The summed E-state index contributed by atoms with van der Waals surface area (Å²) in [6, 6.07) is 5.05. The topological polar surface area (TPSA) is 30.2 Å². The minimum absolute atomic E-state index is 0.108. The van der Waals surface area contributed by atoms with Crippen LogP contribution < -0.4 is 0 Å². The van der Waals surface area contributed by atoms with Crippen molar-refractivity contribution >= 4 is 6.29 Å². The van der Waals surface area contributed by atoms with Crippen molar-refractivity contribution in [3.05, 3.63) is 47.2 Å². The maximum Gasteiger partial charge on any atom is 0.185 e. The molecule has 0 amide bonds. The zero-order valence-corrected chi connectivity index (χ0v) is 8.46. The van der Waals surface area contributed by atoms with Crippen molar-refractivity contribution in [2.45, 2.75) is 6.92 Å². The predicted octanol–water partition coefficient (Wildman–Crippen LogP) is 3.35. The number of hydrogen-bond donors (Lipinski definition) is 0. The fraction of sp³-hybridized carbons (Fsp3) is 0.0833. The first-order valence-corrected chi connectivity index (χ1v) is 4.63. The molecule has 16 heavy (non-hydrogen) atoms. The molecule has 0 unspecified atom stereocenters. The van der Waals surface area contributed by atoms with Crippen LogP contribution in [0.1, 0.15) is 16.1 Å². The number of furan rings is 1. The van der Waals surface area contributed by atoms with Gasteiger partial charge in [-0.2, -0.15) is 0 Å². The molecule has 4 heteroatoms. The molecule has 2 rings (SSSR count). The minimum atomic E-state index is -0.713. The molecular weight excluding hydrogens is 214 g/mol. The third-order valence-corrected chi connectivity index (χ3v) is 2.26. The summed E-state index contributed by atoms with van der Waals surface area (Å²) in [7, 11) is 0. The van der Waals surface area contributed by atoms with Gasteiger partial charge in [-0.1, -0.05) is 0 Å². The number of benzene rings is 1. The third kappa shape index (κ3) is 1.74. The molecule has 1 aromatic carbocycles. The Balaban J connectivity index is 2.55. The van der Waals surface area contributed by atoms with Gasteiger partial charge in [-0.3, -0.25) is 4.79 Å². The van der Waals surface area contributed by atoms with Crippen molar-refractivity contribution in [1.82, 2.24) is 0 Å². The van der Waals surface area contributed by atoms with E-state index in [0.717, 1.165) is 6.07 Å². The first-order chi connectivity index (χ1) is 7.61. The molecule has 0 aliphatic carbocycles. The molecule has 0 spiro atoms. The van der Waals surface area contributed by atoms with Crippen LogP contribution in [0.3, 0.4) is 0 Å². The van der Waals surface area contributed by atoms with Crippen LogP contribution in [-0.4, -0.2) is 6.29 Å². The molecule has 2 nitrogen and oxygen atoms in total. The van der Waals surface area contributed by atoms with E-state index in [1.165, 1.54) is 25.1 Å². The molecule has 0 N–H and O–H groups in total. The Bertz CT molecular complexity index is 544. The Morgan fingerprint density at radius 2 is 1.94 bits per heavy atom. The lowest BCUT2D eigenvalue weighted by atomic mass is 10.1. The van der Waals surface area contributed by atoms with Crippen LogP contribution in [0.4, 0.5) is 8.78 Å². The summed E-state index contributed by atoms with van der Waals surface area (Å²) < 4.78 is 31.5. The van der Waals surface area contributed by atoms with Crippen molar-refractivity contribution in [3.8, 4) is 11.3 Å². The molecule has 82 valence electrons. The smallest absolute Gasteiger partial charge is 0.185 e. The lowest BCUT2D eigenvalue weighted by Crippen LogP contribution is -1.89. The summed E-state index contributed by atoms with van der Waals surface area (Å²) in [6.07, 6.45) is 0.526. The largest absolute Gasteiger partial charge is 0.453 e. The average Bonchev–Trinajstić information content (AvgIpc) is 2.71. The monoisotopic (exact) mass is 222 g/mol. The Kier molecular flexibility index (Phi) is 2.56. The molecule has 0 radical (unpaired) electrons. The number of aldehydes is 1. The minimum Gasteiger partial charge on any atom is -0.453 e. The maximum absolute atomic E-state index is 13.4. The highest BCUT2D eigenvalue weighted by Crippen LogP contribution is 2.26. The van der Waals surface area contributed by atoms with E-state index >= 15 is 0 Å². The SMILES string of the molecule is Cc1cc(-c2ccc(C=O)o2)c(F)cc1F. The van der Waals surface area contributed by atoms with Crippen LogP contribution in [-0.2, 0) is 0 Å². The van der Waals surface area contributed by atoms with Gasteiger partial charge in [0.15, 0.2) is 12.0 Å². The van der Waals surface area contributed by atoms with Gasteiger partial charge in [0.2, 0.25) is 0 Å². The molecule has 0 saturated heterocycles. The second kappa shape index (κ2) is 3.89. The molecular formula is C12H8F2O2. The van der Waals surface area contributed by atoms with E-state index < -0.39 is 11.6 Å². The average molecular weight is 222 g/mol. The van der Waals surface area contributed by atoms with Crippen molar-refractivity contribution in [2.75, 3.05) is 0 Å². The molecule has 0 aliphatic heterocycles. The van der Waals surface area contributed by atoms with E-state index in [9.17, 15) is 13.6 Å². The highest BCUT2D eigenvalue weighted by molar-refractivity contribution is 5.73. The quantitative estimate of drug-likeness (QED) is 0.729. The van der Waals surface area contributed by atoms with E-state index in [1.807, 2.05) is 0 Å². The number of halogens is 2. The first kappa shape index (κ1) is 10.5. The summed E-state index contributed by atoms with van der Waals surface area (Å²) in [5, 5.41) is 0. The van der Waals surface area contributed by atoms with Gasteiger partial charge in [0.05, 0.1) is 5.56 Å². The Hall–Kier alpha value is -1.97. The lowest BCUT2D eigenvalue weighted by Gasteiger charge is -2.02. The number of rotatable bonds is 2. The van der Waals surface area contributed by atoms with Crippen molar-refractivity contribution in [3.63, 3.8) is 0 Å². The van der Waals surface area contributed by atoms with Crippen molar-refractivity contribution < 1.29 is 18.0 Å². The summed E-state index contributed by atoms with van der Waals surface area (Å²) in [5.41, 5.74) is 0.465. The first-order valence-electron chi connectivity index (χ1n) is 4.63. The molecule has 1 aromatic heterocycles. The molecule has 2 aromatic rings. The van der Waals surface area contributed by atoms with E-state index in [0.29, 0.717) is 11.8 Å². The van der Waals surface area contributed by atoms with Crippen LogP contribution in [0.15, 0.2) is 28.7 Å². The van der Waals surface area contributed by atoms with Crippen LogP contribution in [0.25, 0.3) is 11.3 Å². The zero-order chi connectivity index (χ0) is 11.7. The van der Waals surface area contributed by atoms with Gasteiger partial charge in [0.1, 0.15) is 17.4 Å². The van der Waals surface area contributed by atoms with Gasteiger partial charge in [0, 0.05) is 6.07 Å². The Morgan fingerprint density at radius 1 is 1.19 bits per heavy atom. The number of hydrogen-bond acceptors (Lipinski definition) is 2. The number of aryl methyl sites for hydroxylation is 1. The van der Waals surface area contributed by atoms with Gasteiger partial charge in [0.25, 0.3) is 0 Å². The van der Waals surface area contributed by atoms with Crippen LogP contribution in [0.2, 0.25) is 0 Å². The van der Waals surface area contributed by atoms with E-state index in [2.05, 4.69) is 0 Å². The Morgan fingerprint density at radius 3 is 2.56 bits per heavy atom. The van der Waals surface area contributed by atoms with Crippen LogP contribution >= 0.6 is 0 Å². The van der Waals surface area contributed by atoms with Gasteiger partial charge < -0.3 is 4.42 Å². The van der Waals surface area contributed by atoms with E-state index in [4.69, 9.17) is 4.42 Å². The van der Waals surface area contributed by atoms with E-state index in [1.54, 1.807) is 0 Å². The number of carbonyl (C=O) groups excluding carboxylic acids is 1. The predicted molar refractivity (Wildman–Crippen MR) is 54.2 cm³/mol. The Labute approximate surface area is 90.5 Å². The van der Waals surface area contributed by atoms with E-state index in [-0.39, 0.29) is 17.1 Å². The van der Waals surface area contributed by atoms with Crippen molar-refractivity contribution in [2.24, 2.45) is 0 Å². The molecule has 0 saturated carbocycles. The second-order valence-electron chi connectivity index (χ2n) is 3.40. The van der Waals surface area contributed by atoms with Gasteiger partial charge in [-0.25, -0.2) is 8.78 Å². The molecule has 0 fully saturated rings. The fourth-order valence-corrected chi connectivity index (χ4v) is 1.41. The molecule has 0 bridgehead atoms. The molecule has 0 atom stereocenters. The molecule has 0 aliphatic rings. The standard InChI is InChI=1S/C12H8F2O2/c1-7-4-9(11(14)5-10(7)13)12-3-2-8(6-15)16-12/h2-6H,1H3. The summed E-state index contributed by atoms with van der Waals surface area (Å²) in [6.45, 7) is 1.53. The highest BCUT2D eigenvalue weighted by Gasteiger charge is 2.12. The third-order valence-electron chi connectivity index (χ3n) is 2.26. The molecule has 1 heterocycles. The van der Waals surface area contributed by atoms with Crippen LogP contribution in [0.5, 0.6) is 0 Å². The van der Waals surface area contributed by atoms with Gasteiger partial charge in [-0.15, -0.1) is 0 Å². The summed E-state index contributed by atoms with van der Waals surface area (Å²) in [5.74, 6) is -1.00. The second-order valence-corrected chi connectivity index (χ2v) is 3.40. The lowest BCUT2D eigenvalue weighted by molar-refractivity contribution is 0.110. The summed E-state index contributed by atoms with van der Waals surface area (Å²) in [4.78, 5) is 10.4. The highest BCUT2D eigenvalue weighted by atomic mass is 19.1. The normalized spacial score (nSPS) is 10.4. The zero-order valence-electron chi connectivity index (χ0n) is 8.46.